The fraction of sp³-hybridized carbons (Fsp3) is 0. The van der Waals surface area contributed by atoms with Gasteiger partial charge in [0, 0.05) is 11.1 Å². The summed E-state index contributed by atoms with van der Waals surface area (Å²) in [6.45, 7) is 11.0. The Bertz CT molecular complexity index is 816. The predicted octanol–water partition coefficient (Wildman–Crippen LogP) is 6.53. The maximum Gasteiger partial charge on any atom is 0.193 e. The second kappa shape index (κ2) is 9.75. The van der Waals surface area contributed by atoms with Gasteiger partial charge in [-0.3, -0.25) is 4.79 Å². The van der Waals surface area contributed by atoms with Crippen molar-refractivity contribution in [2.75, 3.05) is 0 Å². The smallest absolute Gasteiger partial charge is 0.193 e. The van der Waals surface area contributed by atoms with Crippen LogP contribution in [0.4, 0.5) is 0 Å². The number of hydrogen-bond donors (Lipinski definition) is 0. The minimum absolute atomic E-state index is 0.0289. The molecule has 1 heteroatoms. The first-order valence-corrected chi connectivity index (χ1v) is 8.35. The normalized spacial score (nSPS) is 9.38. The monoisotopic (exact) mass is 338 g/mol. The molecule has 0 atom stereocenters. The molecule has 0 unspecified atom stereocenters. The van der Waals surface area contributed by atoms with Crippen LogP contribution < -0.4 is 0 Å². The summed E-state index contributed by atoms with van der Waals surface area (Å²) < 4.78 is 0. The lowest BCUT2D eigenvalue weighted by Gasteiger charge is -2.02. The van der Waals surface area contributed by atoms with E-state index in [1.54, 1.807) is 12.2 Å². The Hall–Kier alpha value is -3.45. The van der Waals surface area contributed by atoms with Crippen LogP contribution in [0.1, 0.15) is 32.6 Å². The van der Waals surface area contributed by atoms with Crippen molar-refractivity contribution in [3.8, 4) is 0 Å². The fourth-order valence-electron chi connectivity index (χ4n) is 2.30. The molecule has 3 aromatic carbocycles. The van der Waals surface area contributed by atoms with E-state index in [4.69, 9.17) is 0 Å². The third kappa shape index (κ3) is 5.29. The zero-order valence-electron chi connectivity index (χ0n) is 14.8. The highest BCUT2D eigenvalue weighted by molar-refractivity contribution is 6.09. The number of carbonyl (C=O) groups excluding carboxylic acids is 1. The summed E-state index contributed by atoms with van der Waals surface area (Å²) >= 11 is 0. The molecule has 3 rings (SSSR count). The molecule has 0 aliphatic carbocycles. The lowest BCUT2D eigenvalue weighted by atomic mass is 10.0. The minimum atomic E-state index is 0.0289. The van der Waals surface area contributed by atoms with Crippen molar-refractivity contribution < 1.29 is 4.79 Å². The molecule has 26 heavy (non-hydrogen) atoms. The molecular weight excluding hydrogens is 316 g/mol. The molecule has 0 aliphatic heterocycles. The first-order valence-electron chi connectivity index (χ1n) is 8.35. The van der Waals surface area contributed by atoms with Crippen LogP contribution in [0.15, 0.2) is 98.6 Å². The largest absolute Gasteiger partial charge is 0.289 e. The first kappa shape index (κ1) is 18.9. The van der Waals surface area contributed by atoms with Gasteiger partial charge >= 0.3 is 0 Å². The molecule has 3 aromatic rings. The zero-order valence-corrected chi connectivity index (χ0v) is 14.8. The third-order valence-electron chi connectivity index (χ3n) is 3.85. The lowest BCUT2D eigenvalue weighted by Crippen LogP contribution is -2.00. The van der Waals surface area contributed by atoms with E-state index < -0.39 is 0 Å². The summed E-state index contributed by atoms with van der Waals surface area (Å²) in [5.41, 5.74) is 4.56. The van der Waals surface area contributed by atoms with E-state index in [2.05, 4.69) is 19.7 Å². The molecule has 128 valence electrons. The summed E-state index contributed by atoms with van der Waals surface area (Å²) in [7, 11) is 0. The summed E-state index contributed by atoms with van der Waals surface area (Å²) in [6, 6.07) is 24.9. The third-order valence-corrected chi connectivity index (χ3v) is 3.85. The molecule has 0 amide bonds. The molecular formula is C25H22O. The van der Waals surface area contributed by atoms with Gasteiger partial charge in [-0.25, -0.2) is 0 Å². The van der Waals surface area contributed by atoms with E-state index in [9.17, 15) is 4.79 Å². The van der Waals surface area contributed by atoms with Crippen molar-refractivity contribution in [2.45, 2.75) is 0 Å². The molecule has 0 radical (unpaired) electrons. The SMILES string of the molecule is C=Cc1ccc(C(=O)c2ccc(C=C)cc2)cc1.C=Cc1ccccc1. The molecule has 0 aliphatic rings. The van der Waals surface area contributed by atoms with E-state index in [0.29, 0.717) is 11.1 Å². The molecule has 0 fully saturated rings. The van der Waals surface area contributed by atoms with Crippen LogP contribution in [0, 0.1) is 0 Å². The second-order valence-corrected chi connectivity index (χ2v) is 5.60. The van der Waals surface area contributed by atoms with Crippen LogP contribution in [-0.2, 0) is 0 Å². The fourth-order valence-corrected chi connectivity index (χ4v) is 2.30. The number of carbonyl (C=O) groups is 1. The second-order valence-electron chi connectivity index (χ2n) is 5.60. The lowest BCUT2D eigenvalue weighted by molar-refractivity contribution is 0.103. The maximum atomic E-state index is 12.2. The van der Waals surface area contributed by atoms with Crippen LogP contribution in [0.3, 0.4) is 0 Å². The Morgan fingerprint density at radius 3 is 1.19 bits per heavy atom. The van der Waals surface area contributed by atoms with Crippen molar-refractivity contribution in [2.24, 2.45) is 0 Å². The summed E-state index contributed by atoms with van der Waals surface area (Å²) in [6.07, 6.45) is 5.35. The highest BCUT2D eigenvalue weighted by atomic mass is 16.1. The summed E-state index contributed by atoms with van der Waals surface area (Å²) in [5, 5.41) is 0. The Morgan fingerprint density at radius 2 is 0.885 bits per heavy atom. The summed E-state index contributed by atoms with van der Waals surface area (Å²) in [5.74, 6) is 0.0289. The summed E-state index contributed by atoms with van der Waals surface area (Å²) in [4.78, 5) is 12.2. The van der Waals surface area contributed by atoms with Crippen LogP contribution >= 0.6 is 0 Å². The van der Waals surface area contributed by atoms with Gasteiger partial charge in [-0.2, -0.15) is 0 Å². The van der Waals surface area contributed by atoms with Gasteiger partial charge in [0.05, 0.1) is 0 Å². The van der Waals surface area contributed by atoms with E-state index in [1.165, 1.54) is 5.56 Å². The molecule has 0 aromatic heterocycles. The van der Waals surface area contributed by atoms with Gasteiger partial charge in [0.15, 0.2) is 5.78 Å². The van der Waals surface area contributed by atoms with Gasteiger partial charge < -0.3 is 0 Å². The van der Waals surface area contributed by atoms with E-state index >= 15 is 0 Å². The highest BCUT2D eigenvalue weighted by Gasteiger charge is 2.07. The van der Waals surface area contributed by atoms with E-state index in [-0.39, 0.29) is 5.78 Å². The first-order chi connectivity index (χ1) is 12.7. The Kier molecular flexibility index (Phi) is 7.08. The molecule has 0 saturated carbocycles. The van der Waals surface area contributed by atoms with Crippen LogP contribution in [-0.4, -0.2) is 5.78 Å². The molecule has 0 bridgehead atoms. The average molecular weight is 338 g/mol. The quantitative estimate of drug-likeness (QED) is 0.483. The molecule has 0 saturated heterocycles. The van der Waals surface area contributed by atoms with Crippen LogP contribution in [0.25, 0.3) is 18.2 Å². The van der Waals surface area contributed by atoms with Gasteiger partial charge in [-0.15, -0.1) is 0 Å². The number of hydrogen-bond acceptors (Lipinski definition) is 1. The Balaban J connectivity index is 0.000000254. The van der Waals surface area contributed by atoms with Gasteiger partial charge in [0.25, 0.3) is 0 Å². The van der Waals surface area contributed by atoms with Crippen LogP contribution in [0.2, 0.25) is 0 Å². The Labute approximate surface area is 155 Å². The van der Waals surface area contributed by atoms with Crippen molar-refractivity contribution >= 4 is 24.0 Å². The standard InChI is InChI=1S/C17H14O.C8H8/c1-3-13-5-9-15(10-6-13)17(18)16-11-7-14(4-2)8-12-16;1-2-8-6-4-3-5-7-8/h3-12H,1-2H2;2-7H,1H2. The molecule has 1 nitrogen and oxygen atoms in total. The Morgan fingerprint density at radius 1 is 0.538 bits per heavy atom. The van der Waals surface area contributed by atoms with Gasteiger partial charge in [0.2, 0.25) is 0 Å². The van der Waals surface area contributed by atoms with Crippen molar-refractivity contribution in [3.63, 3.8) is 0 Å². The zero-order chi connectivity index (χ0) is 18.8. The molecule has 0 N–H and O–H groups in total. The molecule has 0 heterocycles. The number of ketones is 1. The van der Waals surface area contributed by atoms with E-state index in [0.717, 1.165) is 11.1 Å². The highest BCUT2D eigenvalue weighted by Crippen LogP contribution is 2.13. The number of benzene rings is 3. The van der Waals surface area contributed by atoms with Gasteiger partial charge in [0.1, 0.15) is 0 Å². The van der Waals surface area contributed by atoms with E-state index in [1.807, 2.05) is 84.9 Å². The van der Waals surface area contributed by atoms with Gasteiger partial charge in [-0.05, 0) is 16.7 Å². The van der Waals surface area contributed by atoms with Gasteiger partial charge in [-0.1, -0.05) is 117 Å². The maximum absolute atomic E-state index is 12.2. The predicted molar refractivity (Wildman–Crippen MR) is 113 cm³/mol. The van der Waals surface area contributed by atoms with Crippen molar-refractivity contribution in [1.82, 2.24) is 0 Å². The topological polar surface area (TPSA) is 17.1 Å². The molecule has 0 spiro atoms. The average Bonchev–Trinajstić information content (AvgIpc) is 2.74. The van der Waals surface area contributed by atoms with Crippen molar-refractivity contribution in [1.29, 1.82) is 0 Å². The van der Waals surface area contributed by atoms with Crippen molar-refractivity contribution in [3.05, 3.63) is 126 Å². The number of rotatable bonds is 5. The minimum Gasteiger partial charge on any atom is -0.289 e. The van der Waals surface area contributed by atoms with Crippen LogP contribution in [0.5, 0.6) is 0 Å².